The predicted molar refractivity (Wildman–Crippen MR) is 67.9 cm³/mol. The molecule has 0 unspecified atom stereocenters. The number of benzene rings is 1. The third-order valence-electron chi connectivity index (χ3n) is 2.64. The fourth-order valence-electron chi connectivity index (χ4n) is 1.60. The monoisotopic (exact) mass is 261 g/mol. The Kier molecular flexibility index (Phi) is 5.96. The highest BCUT2D eigenvalue weighted by Gasteiger charge is 2.11. The van der Waals surface area contributed by atoms with Gasteiger partial charge < -0.3 is 10.5 Å². The number of carbonyl (C=O) groups is 1. The molecule has 17 heavy (non-hydrogen) atoms. The average Bonchev–Trinajstić information content (AvgIpc) is 2.28. The van der Waals surface area contributed by atoms with Gasteiger partial charge in [-0.05, 0) is 31.4 Å². The second-order valence-electron chi connectivity index (χ2n) is 3.78. The average molecular weight is 262 g/mol. The topological polar surface area (TPSA) is 52.3 Å². The van der Waals surface area contributed by atoms with Crippen molar-refractivity contribution in [2.24, 2.45) is 0 Å². The van der Waals surface area contributed by atoms with E-state index in [9.17, 15) is 9.18 Å². The molecule has 0 saturated heterocycles. The van der Waals surface area contributed by atoms with Crippen LogP contribution in [-0.4, -0.2) is 13.1 Å². The van der Waals surface area contributed by atoms with Gasteiger partial charge >= 0.3 is 5.97 Å². The molecule has 0 aromatic heterocycles. The lowest BCUT2D eigenvalue weighted by Crippen LogP contribution is -2.06. The van der Waals surface area contributed by atoms with Gasteiger partial charge in [-0.3, -0.25) is 4.79 Å². The van der Waals surface area contributed by atoms with Crippen LogP contribution in [0.1, 0.15) is 23.1 Å². The Bertz CT molecular complexity index is 421. The van der Waals surface area contributed by atoms with Crippen molar-refractivity contribution in [1.29, 1.82) is 0 Å². The van der Waals surface area contributed by atoms with Crippen molar-refractivity contribution in [2.75, 3.05) is 12.8 Å². The Morgan fingerprint density at radius 2 is 2.06 bits per heavy atom. The van der Waals surface area contributed by atoms with Gasteiger partial charge in [0.2, 0.25) is 0 Å². The van der Waals surface area contributed by atoms with E-state index in [-0.39, 0.29) is 30.6 Å². The van der Waals surface area contributed by atoms with Crippen LogP contribution in [-0.2, 0) is 16.0 Å². The van der Waals surface area contributed by atoms with Crippen molar-refractivity contribution in [3.63, 3.8) is 0 Å². The summed E-state index contributed by atoms with van der Waals surface area (Å²) in [7, 11) is 1.34. The number of ether oxygens (including phenoxy) is 1. The lowest BCUT2D eigenvalue weighted by atomic mass is 10.00. The van der Waals surface area contributed by atoms with Crippen molar-refractivity contribution >= 4 is 24.1 Å². The summed E-state index contributed by atoms with van der Waals surface area (Å²) < 4.78 is 18.0. The van der Waals surface area contributed by atoms with Gasteiger partial charge in [-0.15, -0.1) is 12.4 Å². The molecule has 1 aromatic carbocycles. The Balaban J connectivity index is 0.00000256. The second kappa shape index (κ2) is 6.45. The molecule has 0 fully saturated rings. The van der Waals surface area contributed by atoms with Gasteiger partial charge in [-0.25, -0.2) is 4.39 Å². The van der Waals surface area contributed by atoms with Crippen LogP contribution in [0.5, 0.6) is 0 Å². The normalized spacial score (nSPS) is 9.65. The molecular formula is C12H17ClFNO2. The van der Waals surface area contributed by atoms with Gasteiger partial charge in [0.1, 0.15) is 5.82 Å². The highest BCUT2D eigenvalue weighted by Crippen LogP contribution is 2.24. The molecule has 0 spiro atoms. The van der Waals surface area contributed by atoms with Crippen molar-refractivity contribution in [3.8, 4) is 0 Å². The van der Waals surface area contributed by atoms with E-state index in [0.717, 1.165) is 5.56 Å². The minimum absolute atomic E-state index is 0. The summed E-state index contributed by atoms with van der Waals surface area (Å²) in [6.45, 7) is 3.32. The van der Waals surface area contributed by atoms with Gasteiger partial charge in [0.25, 0.3) is 0 Å². The van der Waals surface area contributed by atoms with Crippen molar-refractivity contribution in [2.45, 2.75) is 26.7 Å². The number of carbonyl (C=O) groups excluding carboxylic acids is 1. The minimum Gasteiger partial charge on any atom is -0.469 e. The Morgan fingerprint density at radius 3 is 2.59 bits per heavy atom. The van der Waals surface area contributed by atoms with E-state index in [1.165, 1.54) is 7.11 Å². The predicted octanol–water partition coefficient (Wildman–Crippen LogP) is 2.55. The summed E-state index contributed by atoms with van der Waals surface area (Å²) in [4.78, 5) is 11.0. The molecule has 0 aliphatic heterocycles. The quantitative estimate of drug-likeness (QED) is 0.672. The molecule has 0 radical (unpaired) electrons. The third-order valence-corrected chi connectivity index (χ3v) is 2.64. The zero-order valence-corrected chi connectivity index (χ0v) is 11.0. The number of nitrogens with two attached hydrogens (primary N) is 1. The van der Waals surface area contributed by atoms with Crippen LogP contribution in [0.4, 0.5) is 10.1 Å². The Morgan fingerprint density at radius 1 is 1.47 bits per heavy atom. The van der Waals surface area contributed by atoms with E-state index in [0.29, 0.717) is 23.2 Å². The number of anilines is 1. The van der Waals surface area contributed by atoms with Gasteiger partial charge in [-0.2, -0.15) is 0 Å². The van der Waals surface area contributed by atoms with Gasteiger partial charge in [0.15, 0.2) is 0 Å². The molecular weight excluding hydrogens is 245 g/mol. The van der Waals surface area contributed by atoms with Crippen LogP contribution < -0.4 is 5.73 Å². The number of aryl methyl sites for hydroxylation is 2. The van der Waals surface area contributed by atoms with Gasteiger partial charge in [-0.1, -0.05) is 6.07 Å². The summed E-state index contributed by atoms with van der Waals surface area (Å²) in [6, 6.07) is 1.68. The molecule has 0 aliphatic rings. The van der Waals surface area contributed by atoms with E-state index in [4.69, 9.17) is 5.73 Å². The highest BCUT2D eigenvalue weighted by atomic mass is 35.5. The van der Waals surface area contributed by atoms with E-state index < -0.39 is 0 Å². The maximum absolute atomic E-state index is 13.5. The molecule has 2 N–H and O–H groups in total. The molecule has 0 heterocycles. The maximum atomic E-state index is 13.5. The zero-order chi connectivity index (χ0) is 12.3. The highest BCUT2D eigenvalue weighted by molar-refractivity contribution is 5.85. The summed E-state index contributed by atoms with van der Waals surface area (Å²) in [5.74, 6) is -0.571. The zero-order valence-electron chi connectivity index (χ0n) is 10.2. The van der Waals surface area contributed by atoms with Crippen molar-refractivity contribution < 1.29 is 13.9 Å². The standard InChI is InChI=1S/C12H16FNO2.ClH/c1-7-6-9(4-5-10(15)16-3)12(14)8(2)11(7)13;/h6H,4-5,14H2,1-3H3;1H. The first kappa shape index (κ1) is 15.7. The van der Waals surface area contributed by atoms with Gasteiger partial charge in [0, 0.05) is 17.7 Å². The first-order valence-corrected chi connectivity index (χ1v) is 5.08. The van der Waals surface area contributed by atoms with E-state index in [1.54, 1.807) is 19.9 Å². The summed E-state index contributed by atoms with van der Waals surface area (Å²) >= 11 is 0. The molecule has 3 nitrogen and oxygen atoms in total. The van der Waals surface area contributed by atoms with E-state index in [2.05, 4.69) is 4.74 Å². The molecule has 0 amide bonds. The molecule has 0 saturated carbocycles. The molecule has 5 heteroatoms. The second-order valence-corrected chi connectivity index (χ2v) is 3.78. The Labute approximate surface area is 107 Å². The number of halogens is 2. The smallest absolute Gasteiger partial charge is 0.305 e. The lowest BCUT2D eigenvalue weighted by Gasteiger charge is -2.11. The van der Waals surface area contributed by atoms with Crippen LogP contribution in [0.2, 0.25) is 0 Å². The first-order valence-electron chi connectivity index (χ1n) is 5.08. The molecule has 0 aliphatic carbocycles. The van der Waals surface area contributed by atoms with Gasteiger partial charge in [0.05, 0.1) is 7.11 Å². The van der Waals surface area contributed by atoms with Crippen molar-refractivity contribution in [1.82, 2.24) is 0 Å². The molecule has 0 bridgehead atoms. The largest absolute Gasteiger partial charge is 0.469 e. The van der Waals surface area contributed by atoms with Crippen LogP contribution >= 0.6 is 12.4 Å². The number of nitrogen functional groups attached to an aromatic ring is 1. The minimum atomic E-state index is -0.293. The molecule has 1 aromatic rings. The summed E-state index contributed by atoms with van der Waals surface area (Å²) in [6.07, 6.45) is 0.728. The molecule has 1 rings (SSSR count). The van der Waals surface area contributed by atoms with Crippen LogP contribution in [0, 0.1) is 19.7 Å². The fourth-order valence-corrected chi connectivity index (χ4v) is 1.60. The molecule has 96 valence electrons. The maximum Gasteiger partial charge on any atom is 0.305 e. The summed E-state index contributed by atoms with van der Waals surface area (Å²) in [5.41, 5.74) is 8.00. The fraction of sp³-hybridized carbons (Fsp3) is 0.417. The number of esters is 1. The number of rotatable bonds is 3. The van der Waals surface area contributed by atoms with Crippen molar-refractivity contribution in [3.05, 3.63) is 28.6 Å². The van der Waals surface area contributed by atoms with Crippen LogP contribution in [0.25, 0.3) is 0 Å². The van der Waals surface area contributed by atoms with Crippen LogP contribution in [0.3, 0.4) is 0 Å². The SMILES string of the molecule is COC(=O)CCc1cc(C)c(F)c(C)c1N.Cl. The number of hydrogen-bond donors (Lipinski definition) is 1. The number of hydrogen-bond acceptors (Lipinski definition) is 3. The third kappa shape index (κ3) is 3.60. The molecule has 0 atom stereocenters. The van der Waals surface area contributed by atoms with E-state index >= 15 is 0 Å². The lowest BCUT2D eigenvalue weighted by molar-refractivity contribution is -0.140. The number of methoxy groups -OCH3 is 1. The Hall–Kier alpha value is -1.29. The van der Waals surface area contributed by atoms with Crippen LogP contribution in [0.15, 0.2) is 6.07 Å². The van der Waals surface area contributed by atoms with E-state index in [1.807, 2.05) is 0 Å². The first-order chi connectivity index (χ1) is 7.47. The summed E-state index contributed by atoms with van der Waals surface area (Å²) in [5, 5.41) is 0.